The van der Waals surface area contributed by atoms with Crippen LogP contribution in [0.2, 0.25) is 0 Å². The number of nitrogens with zero attached hydrogens (tertiary/aromatic N) is 1. The minimum atomic E-state index is -0.701. The highest BCUT2D eigenvalue weighted by Gasteiger charge is 2.43. The van der Waals surface area contributed by atoms with E-state index in [1.54, 1.807) is 36.1 Å². The van der Waals surface area contributed by atoms with Crippen LogP contribution in [0.5, 0.6) is 5.75 Å². The van der Waals surface area contributed by atoms with E-state index < -0.39 is 11.4 Å². The first kappa shape index (κ1) is 21.4. The maximum Gasteiger partial charge on any atom is 0.343 e. The Morgan fingerprint density at radius 3 is 2.20 bits per heavy atom. The first-order valence-corrected chi connectivity index (χ1v) is 9.87. The van der Waals surface area contributed by atoms with Gasteiger partial charge in [0.1, 0.15) is 5.75 Å². The monoisotopic (exact) mass is 410 g/mol. The van der Waals surface area contributed by atoms with Crippen LogP contribution in [-0.4, -0.2) is 49.5 Å². The molecule has 0 unspecified atom stereocenters. The first-order valence-electron chi connectivity index (χ1n) is 9.87. The molecule has 30 heavy (non-hydrogen) atoms. The maximum atomic E-state index is 13.4. The number of nitrogens with one attached hydrogen (secondary N) is 1. The Morgan fingerprint density at radius 1 is 1.00 bits per heavy atom. The Labute approximate surface area is 176 Å². The van der Waals surface area contributed by atoms with Crippen molar-refractivity contribution in [2.75, 3.05) is 32.1 Å². The van der Waals surface area contributed by atoms with E-state index in [1.807, 2.05) is 30.3 Å². The molecule has 0 radical (unpaired) electrons. The van der Waals surface area contributed by atoms with Crippen molar-refractivity contribution in [1.29, 1.82) is 0 Å². The van der Waals surface area contributed by atoms with Gasteiger partial charge in [-0.15, -0.1) is 0 Å². The van der Waals surface area contributed by atoms with Crippen molar-refractivity contribution < 1.29 is 23.9 Å². The molecule has 1 saturated heterocycles. The van der Waals surface area contributed by atoms with Gasteiger partial charge in [-0.3, -0.25) is 9.59 Å². The number of likely N-dealkylation sites (tertiary alicyclic amines) is 1. The molecule has 1 heterocycles. The number of esters is 1. The van der Waals surface area contributed by atoms with Gasteiger partial charge in [-0.25, -0.2) is 4.79 Å². The quantitative estimate of drug-likeness (QED) is 0.741. The average Bonchev–Trinajstić information content (AvgIpc) is 2.78. The smallest absolute Gasteiger partial charge is 0.343 e. The predicted octanol–water partition coefficient (Wildman–Crippen LogP) is 2.76. The van der Waals surface area contributed by atoms with Crippen molar-refractivity contribution in [3.8, 4) is 5.75 Å². The number of hydrogen-bond donors (Lipinski definition) is 1. The summed E-state index contributed by atoms with van der Waals surface area (Å²) >= 11 is 0. The highest BCUT2D eigenvalue weighted by Crippen LogP contribution is 2.37. The van der Waals surface area contributed by atoms with Gasteiger partial charge in [0, 0.05) is 25.7 Å². The van der Waals surface area contributed by atoms with E-state index in [4.69, 9.17) is 4.74 Å². The lowest BCUT2D eigenvalue weighted by Crippen LogP contribution is -2.50. The molecular formula is C23H26N2O5. The fourth-order valence-electron chi connectivity index (χ4n) is 3.69. The summed E-state index contributed by atoms with van der Waals surface area (Å²) in [5.74, 6) is -0.0280. The van der Waals surface area contributed by atoms with Gasteiger partial charge in [0.2, 0.25) is 11.8 Å². The summed E-state index contributed by atoms with van der Waals surface area (Å²) in [7, 11) is 1.30. The first-order chi connectivity index (χ1) is 14.4. The molecule has 1 aliphatic rings. The number of carbonyl (C=O) groups excluding carboxylic acids is 3. The third kappa shape index (κ3) is 4.79. The van der Waals surface area contributed by atoms with E-state index in [0.717, 1.165) is 5.56 Å². The van der Waals surface area contributed by atoms with Crippen LogP contribution in [0.15, 0.2) is 54.6 Å². The van der Waals surface area contributed by atoms with Crippen LogP contribution in [0, 0.1) is 0 Å². The molecule has 3 rings (SSSR count). The zero-order valence-corrected chi connectivity index (χ0v) is 17.2. The van der Waals surface area contributed by atoms with Crippen LogP contribution in [0.3, 0.4) is 0 Å². The van der Waals surface area contributed by atoms with Crippen LogP contribution in [-0.2, 0) is 24.5 Å². The highest BCUT2D eigenvalue weighted by atomic mass is 16.6. The van der Waals surface area contributed by atoms with E-state index in [1.165, 1.54) is 7.11 Å². The largest absolute Gasteiger partial charge is 0.482 e. The number of piperidine rings is 1. The molecule has 0 aliphatic carbocycles. The molecule has 1 aliphatic heterocycles. The molecule has 0 atom stereocenters. The Kier molecular flexibility index (Phi) is 6.72. The topological polar surface area (TPSA) is 84.9 Å². The Hall–Kier alpha value is -3.35. The van der Waals surface area contributed by atoms with Crippen LogP contribution in [0.1, 0.15) is 25.3 Å². The molecule has 7 heteroatoms. The maximum absolute atomic E-state index is 13.4. The third-order valence-electron chi connectivity index (χ3n) is 5.52. The minimum absolute atomic E-state index is 0.0274. The van der Waals surface area contributed by atoms with Gasteiger partial charge < -0.3 is 19.7 Å². The van der Waals surface area contributed by atoms with Gasteiger partial charge in [0.15, 0.2) is 6.61 Å². The summed E-state index contributed by atoms with van der Waals surface area (Å²) < 4.78 is 9.88. The molecule has 158 valence electrons. The second-order valence-corrected chi connectivity index (χ2v) is 7.30. The van der Waals surface area contributed by atoms with Crippen molar-refractivity contribution in [3.05, 3.63) is 60.2 Å². The zero-order valence-electron chi connectivity index (χ0n) is 17.2. The number of carbonyl (C=O) groups is 3. The molecule has 0 spiro atoms. The number of amides is 2. The Balaban J connectivity index is 1.74. The lowest BCUT2D eigenvalue weighted by molar-refractivity contribution is -0.143. The summed E-state index contributed by atoms with van der Waals surface area (Å²) in [6.07, 6.45) is 1.12. The molecule has 2 amide bonds. The molecule has 1 N–H and O–H groups in total. The van der Waals surface area contributed by atoms with Crippen LogP contribution >= 0.6 is 0 Å². The summed E-state index contributed by atoms with van der Waals surface area (Å²) in [6, 6.07) is 16.5. The van der Waals surface area contributed by atoms with Crippen LogP contribution in [0.4, 0.5) is 5.69 Å². The second kappa shape index (κ2) is 9.43. The fourth-order valence-corrected chi connectivity index (χ4v) is 3.69. The Bertz CT molecular complexity index is 888. The molecule has 2 aromatic carbocycles. The normalized spacial score (nSPS) is 15.2. The van der Waals surface area contributed by atoms with Gasteiger partial charge in [-0.2, -0.15) is 0 Å². The van der Waals surface area contributed by atoms with Gasteiger partial charge >= 0.3 is 5.97 Å². The minimum Gasteiger partial charge on any atom is -0.482 e. The number of anilines is 1. The summed E-state index contributed by atoms with van der Waals surface area (Å²) in [5.41, 5.74) is 0.881. The predicted molar refractivity (Wildman–Crippen MR) is 112 cm³/mol. The Morgan fingerprint density at radius 2 is 1.63 bits per heavy atom. The van der Waals surface area contributed by atoms with Crippen molar-refractivity contribution >= 4 is 23.5 Å². The molecular weight excluding hydrogens is 384 g/mol. The molecule has 0 aromatic heterocycles. The number of methoxy groups -OCH3 is 1. The summed E-state index contributed by atoms with van der Waals surface area (Å²) in [6.45, 7) is 2.46. The van der Waals surface area contributed by atoms with E-state index in [-0.39, 0.29) is 18.4 Å². The summed E-state index contributed by atoms with van der Waals surface area (Å²) in [4.78, 5) is 38.1. The van der Waals surface area contributed by atoms with Crippen LogP contribution < -0.4 is 10.1 Å². The number of benzene rings is 2. The lowest BCUT2D eigenvalue weighted by atomic mass is 9.72. The van der Waals surface area contributed by atoms with Gasteiger partial charge in [0.05, 0.1) is 12.5 Å². The van der Waals surface area contributed by atoms with Crippen molar-refractivity contribution in [2.45, 2.75) is 25.2 Å². The fraction of sp³-hybridized carbons (Fsp3) is 0.348. The second-order valence-electron chi connectivity index (χ2n) is 7.30. The lowest BCUT2D eigenvalue weighted by Gasteiger charge is -2.40. The number of ether oxygens (including phenoxy) is 2. The molecule has 1 fully saturated rings. The standard InChI is InChI=1S/C23H26N2O5/c1-17(26)25-14-12-23(13-15-25,18-6-4-3-5-7-18)22(28)24-19-8-10-20(11-9-19)30-16-21(27)29-2/h3-11H,12-16H2,1-2H3,(H,24,28). The summed E-state index contributed by atoms with van der Waals surface area (Å²) in [5, 5.41) is 3.01. The third-order valence-corrected chi connectivity index (χ3v) is 5.52. The zero-order chi connectivity index (χ0) is 21.6. The molecule has 0 saturated carbocycles. The molecule has 7 nitrogen and oxygen atoms in total. The van der Waals surface area contributed by atoms with Crippen molar-refractivity contribution in [2.24, 2.45) is 0 Å². The SMILES string of the molecule is COC(=O)COc1ccc(NC(=O)C2(c3ccccc3)CCN(C(C)=O)CC2)cc1. The van der Waals surface area contributed by atoms with Crippen molar-refractivity contribution in [1.82, 2.24) is 4.90 Å². The number of hydrogen-bond acceptors (Lipinski definition) is 5. The van der Waals surface area contributed by atoms with Gasteiger partial charge in [-0.1, -0.05) is 30.3 Å². The van der Waals surface area contributed by atoms with E-state index in [9.17, 15) is 14.4 Å². The van der Waals surface area contributed by atoms with Crippen LogP contribution in [0.25, 0.3) is 0 Å². The number of rotatable bonds is 6. The molecule has 2 aromatic rings. The van der Waals surface area contributed by atoms with Crippen molar-refractivity contribution in [3.63, 3.8) is 0 Å². The van der Waals surface area contributed by atoms with E-state index in [2.05, 4.69) is 10.1 Å². The van der Waals surface area contributed by atoms with Gasteiger partial charge in [0.25, 0.3) is 0 Å². The van der Waals surface area contributed by atoms with E-state index >= 15 is 0 Å². The highest BCUT2D eigenvalue weighted by molar-refractivity contribution is 5.99. The van der Waals surface area contributed by atoms with E-state index in [0.29, 0.717) is 37.4 Å². The molecule has 0 bridgehead atoms. The van der Waals surface area contributed by atoms with Gasteiger partial charge in [-0.05, 0) is 42.7 Å². The average molecular weight is 410 g/mol.